The third-order valence-electron chi connectivity index (χ3n) is 2.71. The summed E-state index contributed by atoms with van der Waals surface area (Å²) < 4.78 is 37.4. The van der Waals surface area contributed by atoms with Gasteiger partial charge in [0.2, 0.25) is 0 Å². The van der Waals surface area contributed by atoms with Gasteiger partial charge in [0.1, 0.15) is 0 Å². The Labute approximate surface area is 78.4 Å². The Balaban J connectivity index is 4.85. The first-order chi connectivity index (χ1) is 5.66. The molecule has 0 spiro atoms. The molecule has 1 unspecified atom stereocenters. The highest BCUT2D eigenvalue weighted by Gasteiger charge is 2.49. The molecule has 0 aliphatic rings. The number of nitrogens with zero attached hydrogens (tertiary/aromatic N) is 1. The standard InChI is InChI=1S/C7H14F3NOSi/c1-4-6(2,3)7(8,13)5(12)11(9)10/h4H2,1-3,13H3. The highest BCUT2D eigenvalue weighted by atomic mass is 28.1. The Kier molecular flexibility index (Phi) is 3.54. The van der Waals surface area contributed by atoms with E-state index in [9.17, 15) is 18.1 Å². The number of alkyl halides is 1. The van der Waals surface area contributed by atoms with Crippen LogP contribution >= 0.6 is 0 Å². The maximum Gasteiger partial charge on any atom is 0.316 e. The molecule has 0 aromatic rings. The fourth-order valence-electron chi connectivity index (χ4n) is 0.780. The van der Waals surface area contributed by atoms with E-state index in [1.165, 1.54) is 13.8 Å². The lowest BCUT2D eigenvalue weighted by Gasteiger charge is -2.35. The molecule has 0 saturated carbocycles. The molecule has 0 aromatic carbocycles. The van der Waals surface area contributed by atoms with Crippen LogP contribution in [0.2, 0.25) is 0 Å². The SMILES string of the molecule is CCC(C)(C)C(F)([SiH3])C(=O)N(F)F. The summed E-state index contributed by atoms with van der Waals surface area (Å²) in [7, 11) is -0.240. The molecule has 1 amide bonds. The molecule has 0 rings (SSSR count). The summed E-state index contributed by atoms with van der Waals surface area (Å²) in [6.07, 6.45) is 0.340. The highest BCUT2D eigenvalue weighted by molar-refractivity contribution is 6.27. The molecule has 6 heteroatoms. The topological polar surface area (TPSA) is 20.3 Å². The average molecular weight is 213 g/mol. The molecule has 1 atom stereocenters. The number of carbonyl (C=O) groups excluding carboxylic acids is 1. The minimum atomic E-state index is -2.40. The molecule has 0 N–H and O–H groups in total. The van der Waals surface area contributed by atoms with Gasteiger partial charge in [-0.3, -0.25) is 4.79 Å². The molecule has 2 nitrogen and oxygen atoms in total. The van der Waals surface area contributed by atoms with E-state index in [-0.39, 0.29) is 10.2 Å². The maximum absolute atomic E-state index is 13.7. The lowest BCUT2D eigenvalue weighted by molar-refractivity contribution is -0.200. The van der Waals surface area contributed by atoms with Gasteiger partial charge in [-0.1, -0.05) is 29.7 Å². The largest absolute Gasteiger partial charge is 0.316 e. The molecule has 13 heavy (non-hydrogen) atoms. The first-order valence-corrected chi connectivity index (χ1v) is 5.02. The van der Waals surface area contributed by atoms with Crippen LogP contribution in [0.3, 0.4) is 0 Å². The van der Waals surface area contributed by atoms with Crippen LogP contribution in [0.5, 0.6) is 0 Å². The van der Waals surface area contributed by atoms with Gasteiger partial charge in [-0.15, -0.1) is 0 Å². The molecule has 0 radical (unpaired) electrons. The Morgan fingerprint density at radius 2 is 1.85 bits per heavy atom. The summed E-state index contributed by atoms with van der Waals surface area (Å²) in [5, 5.41) is -4.06. The van der Waals surface area contributed by atoms with Crippen molar-refractivity contribution in [1.82, 2.24) is 5.34 Å². The van der Waals surface area contributed by atoms with E-state index >= 15 is 0 Å². The third-order valence-corrected chi connectivity index (χ3v) is 4.49. The summed E-state index contributed by atoms with van der Waals surface area (Å²) in [5.74, 6) is -1.73. The zero-order valence-corrected chi connectivity index (χ0v) is 10.2. The number of rotatable bonds is 3. The number of amides is 1. The van der Waals surface area contributed by atoms with Crippen LogP contribution in [0.4, 0.5) is 13.4 Å². The van der Waals surface area contributed by atoms with E-state index in [0.717, 1.165) is 0 Å². The Hall–Kier alpha value is -0.523. The summed E-state index contributed by atoms with van der Waals surface area (Å²) in [6, 6.07) is 0. The van der Waals surface area contributed by atoms with Crippen LogP contribution in [0, 0.1) is 5.41 Å². The number of carbonyl (C=O) groups is 1. The van der Waals surface area contributed by atoms with Crippen LogP contribution in [0.1, 0.15) is 27.2 Å². The van der Waals surface area contributed by atoms with Gasteiger partial charge in [-0.2, -0.15) is 0 Å². The smallest absolute Gasteiger partial charge is 0.266 e. The normalized spacial score (nSPS) is 16.8. The van der Waals surface area contributed by atoms with Crippen LogP contribution in [-0.4, -0.2) is 26.8 Å². The van der Waals surface area contributed by atoms with Crippen molar-refractivity contribution in [2.75, 3.05) is 0 Å². The molecule has 0 fully saturated rings. The molecule has 0 aliphatic carbocycles. The van der Waals surface area contributed by atoms with E-state index in [2.05, 4.69) is 0 Å². The van der Waals surface area contributed by atoms with Gasteiger partial charge < -0.3 is 0 Å². The summed E-state index contributed by atoms with van der Waals surface area (Å²) >= 11 is 0. The monoisotopic (exact) mass is 213 g/mol. The first-order valence-electron chi connectivity index (χ1n) is 4.02. The average Bonchev–Trinajstić information content (AvgIpc) is 2.02. The van der Waals surface area contributed by atoms with Gasteiger partial charge in [-0.25, -0.2) is 4.39 Å². The Morgan fingerprint density at radius 3 is 2.08 bits per heavy atom. The number of hydrogen-bond donors (Lipinski definition) is 0. The fraction of sp³-hybridized carbons (Fsp3) is 0.857. The number of hydrogen-bond acceptors (Lipinski definition) is 1. The summed E-state index contributed by atoms with van der Waals surface area (Å²) in [5.41, 5.74) is -1.03. The zero-order chi connectivity index (χ0) is 10.9. The second-order valence-corrected chi connectivity index (χ2v) is 5.16. The van der Waals surface area contributed by atoms with Gasteiger partial charge in [0.25, 0.3) is 0 Å². The van der Waals surface area contributed by atoms with Crippen molar-refractivity contribution < 1.29 is 18.1 Å². The first kappa shape index (κ1) is 12.5. The second kappa shape index (κ2) is 3.69. The molecular weight excluding hydrogens is 199 g/mol. The summed E-state index contributed by atoms with van der Waals surface area (Å²) in [6.45, 7) is 4.61. The van der Waals surface area contributed by atoms with Gasteiger partial charge >= 0.3 is 5.91 Å². The van der Waals surface area contributed by atoms with Crippen molar-refractivity contribution in [3.63, 3.8) is 0 Å². The maximum atomic E-state index is 13.7. The van der Waals surface area contributed by atoms with Crippen molar-refractivity contribution in [2.24, 2.45) is 5.41 Å². The van der Waals surface area contributed by atoms with Crippen LogP contribution in [-0.2, 0) is 4.79 Å². The summed E-state index contributed by atoms with van der Waals surface area (Å²) in [4.78, 5) is 10.8. The molecule has 0 saturated heterocycles. The number of halogens is 3. The second-order valence-electron chi connectivity index (χ2n) is 3.78. The van der Waals surface area contributed by atoms with Crippen LogP contribution in [0.25, 0.3) is 0 Å². The zero-order valence-electron chi connectivity index (χ0n) is 8.20. The predicted molar refractivity (Wildman–Crippen MR) is 46.9 cm³/mol. The fourth-order valence-corrected chi connectivity index (χ4v) is 1.30. The van der Waals surface area contributed by atoms with E-state index < -0.39 is 22.0 Å². The van der Waals surface area contributed by atoms with Crippen molar-refractivity contribution in [3.05, 3.63) is 0 Å². The Bertz CT molecular complexity index is 206. The molecule has 0 bridgehead atoms. The molecule has 0 heterocycles. The van der Waals surface area contributed by atoms with Gasteiger partial charge in [0, 0.05) is 5.41 Å². The highest BCUT2D eigenvalue weighted by Crippen LogP contribution is 2.36. The van der Waals surface area contributed by atoms with E-state index in [1.807, 2.05) is 0 Å². The predicted octanol–water partition coefficient (Wildman–Crippen LogP) is 1.05. The van der Waals surface area contributed by atoms with E-state index in [1.54, 1.807) is 6.92 Å². The van der Waals surface area contributed by atoms with Gasteiger partial charge in [-0.05, 0) is 11.8 Å². The van der Waals surface area contributed by atoms with Gasteiger partial charge in [0.05, 0.1) is 10.2 Å². The molecule has 0 aliphatic heterocycles. The lowest BCUT2D eigenvalue weighted by atomic mass is 9.83. The molecule has 78 valence electrons. The van der Waals surface area contributed by atoms with Crippen LogP contribution in [0.15, 0.2) is 0 Å². The third kappa shape index (κ3) is 2.23. The minimum Gasteiger partial charge on any atom is -0.266 e. The van der Waals surface area contributed by atoms with Crippen molar-refractivity contribution in [3.8, 4) is 0 Å². The Morgan fingerprint density at radius 1 is 1.46 bits per heavy atom. The van der Waals surface area contributed by atoms with Gasteiger partial charge in [0.15, 0.2) is 5.29 Å². The van der Waals surface area contributed by atoms with E-state index in [4.69, 9.17) is 0 Å². The van der Waals surface area contributed by atoms with Crippen molar-refractivity contribution in [1.29, 1.82) is 0 Å². The van der Waals surface area contributed by atoms with E-state index in [0.29, 0.717) is 6.42 Å². The lowest BCUT2D eigenvalue weighted by Crippen LogP contribution is -2.51. The quantitative estimate of drug-likeness (QED) is 0.507. The van der Waals surface area contributed by atoms with Crippen molar-refractivity contribution in [2.45, 2.75) is 32.5 Å². The van der Waals surface area contributed by atoms with Crippen LogP contribution < -0.4 is 0 Å². The molecular formula is C7H14F3NOSi. The minimum absolute atomic E-state index is 0.240. The molecule has 0 aromatic heterocycles. The van der Waals surface area contributed by atoms with Crippen molar-refractivity contribution >= 4 is 16.1 Å².